The summed E-state index contributed by atoms with van der Waals surface area (Å²) in [5.74, 6) is 0.0405. The van der Waals surface area contributed by atoms with Crippen molar-refractivity contribution in [3.05, 3.63) is 50.5 Å². The molecule has 0 aliphatic carbocycles. The molecule has 0 bridgehead atoms. The number of carbonyl (C=O) groups is 2. The van der Waals surface area contributed by atoms with E-state index in [1.807, 2.05) is 29.0 Å². The summed E-state index contributed by atoms with van der Waals surface area (Å²) in [5.41, 5.74) is 0.375. The molecule has 0 atom stereocenters. The van der Waals surface area contributed by atoms with Gasteiger partial charge in [-0.1, -0.05) is 12.1 Å². The molecule has 2 aromatic heterocycles. The van der Waals surface area contributed by atoms with Crippen molar-refractivity contribution in [3.63, 3.8) is 0 Å². The van der Waals surface area contributed by atoms with E-state index >= 15 is 0 Å². The van der Waals surface area contributed by atoms with Crippen LogP contribution in [0.4, 0.5) is 0 Å². The third-order valence-electron chi connectivity index (χ3n) is 2.21. The van der Waals surface area contributed by atoms with Gasteiger partial charge in [0.2, 0.25) is 0 Å². The lowest BCUT2D eigenvalue weighted by atomic mass is 10.3. The zero-order valence-electron chi connectivity index (χ0n) is 10.6. The molecule has 2 aromatic rings. The predicted octanol–water partition coefficient (Wildman–Crippen LogP) is 3.62. The topological polar surface area (TPSA) is 55.7 Å². The third-order valence-corrected chi connectivity index (χ3v) is 3.83. The number of nitrogens with zero attached hydrogens (tertiary/aromatic N) is 1. The lowest BCUT2D eigenvalue weighted by Gasteiger charge is -1.88. The van der Waals surface area contributed by atoms with Gasteiger partial charge in [-0.15, -0.1) is 22.7 Å². The molecule has 0 radical (unpaired) electrons. The maximum absolute atomic E-state index is 11.1. The van der Waals surface area contributed by atoms with E-state index < -0.39 is 0 Å². The Hall–Kier alpha value is -2.05. The van der Waals surface area contributed by atoms with Gasteiger partial charge in [0.1, 0.15) is 0 Å². The van der Waals surface area contributed by atoms with Gasteiger partial charge in [-0.2, -0.15) is 0 Å². The predicted molar refractivity (Wildman–Crippen MR) is 81.2 cm³/mol. The van der Waals surface area contributed by atoms with Crippen LogP contribution in [0, 0.1) is 0 Å². The molecule has 1 aliphatic heterocycles. The third kappa shape index (κ3) is 3.97. The Morgan fingerprint density at radius 1 is 1.15 bits per heavy atom. The summed E-state index contributed by atoms with van der Waals surface area (Å²) in [6, 6.07) is 7.49. The van der Waals surface area contributed by atoms with Crippen molar-refractivity contribution >= 4 is 46.9 Å². The summed E-state index contributed by atoms with van der Waals surface area (Å²) in [7, 11) is 0. The largest absolute Gasteiger partial charge is 0.407 e. The van der Waals surface area contributed by atoms with Gasteiger partial charge in [0.25, 0.3) is 0 Å². The maximum Gasteiger partial charge on any atom is 0.363 e. The van der Waals surface area contributed by atoms with Crippen LogP contribution in [-0.4, -0.2) is 18.2 Å². The monoisotopic (exact) mass is 305 g/mol. The molecule has 0 saturated heterocycles. The summed E-state index contributed by atoms with van der Waals surface area (Å²) in [5, 5.41) is 3.83. The number of thiophene rings is 2. The Morgan fingerprint density at radius 3 is 2.20 bits per heavy atom. The zero-order valence-corrected chi connectivity index (χ0v) is 12.2. The normalized spacial score (nSPS) is 15.3. The Morgan fingerprint density at radius 2 is 1.80 bits per heavy atom. The molecule has 102 valence electrons. The number of carbonyl (C=O) groups excluding carboxylic acids is 2. The quantitative estimate of drug-likeness (QED) is 0.484. The first-order valence-electron chi connectivity index (χ1n) is 5.70. The number of esters is 1. The molecule has 0 spiro atoms. The van der Waals surface area contributed by atoms with Gasteiger partial charge in [-0.25, -0.2) is 9.79 Å². The van der Waals surface area contributed by atoms with Crippen LogP contribution < -0.4 is 0 Å². The van der Waals surface area contributed by atoms with E-state index in [1.165, 1.54) is 11.3 Å². The van der Waals surface area contributed by atoms with E-state index in [-0.39, 0.29) is 5.97 Å². The lowest BCUT2D eigenvalue weighted by molar-refractivity contribution is -0.130. The van der Waals surface area contributed by atoms with Crippen LogP contribution in [0.2, 0.25) is 0 Å². The number of aldehydes is 1. The number of aliphatic imine (C=N–C) groups is 1. The van der Waals surface area contributed by atoms with E-state index in [2.05, 4.69) is 4.99 Å². The SMILES string of the molecule is CC1=N/C(=C/c2cccs2)C(=O)O1.O=Cc1cccs1. The van der Waals surface area contributed by atoms with E-state index in [0.717, 1.165) is 16.0 Å². The molecule has 0 amide bonds. The Kier molecular flexibility index (Phi) is 4.97. The lowest BCUT2D eigenvalue weighted by Crippen LogP contribution is -1.99. The fraction of sp³-hybridized carbons (Fsp3) is 0.0714. The fourth-order valence-electron chi connectivity index (χ4n) is 1.38. The standard InChI is InChI=1S/C9H7NO2S.C5H4OS/c1-6-10-8(9(11)12-6)5-7-3-2-4-13-7;6-4-5-2-1-3-7-5/h2-5H,1H3;1-4H/b8-5+;. The van der Waals surface area contributed by atoms with Crippen LogP contribution in [0.1, 0.15) is 21.5 Å². The minimum atomic E-state index is -0.370. The van der Waals surface area contributed by atoms with Crippen molar-refractivity contribution in [3.8, 4) is 0 Å². The van der Waals surface area contributed by atoms with Crippen LogP contribution in [0.25, 0.3) is 6.08 Å². The summed E-state index contributed by atoms with van der Waals surface area (Å²) in [6.07, 6.45) is 2.58. The first kappa shape index (κ1) is 14.4. The van der Waals surface area contributed by atoms with E-state index in [0.29, 0.717) is 11.6 Å². The van der Waals surface area contributed by atoms with Gasteiger partial charge in [0.15, 0.2) is 17.9 Å². The van der Waals surface area contributed by atoms with Gasteiger partial charge in [-0.3, -0.25) is 4.79 Å². The first-order chi connectivity index (χ1) is 9.69. The smallest absolute Gasteiger partial charge is 0.363 e. The van der Waals surface area contributed by atoms with Gasteiger partial charge in [0.05, 0.1) is 4.88 Å². The summed E-state index contributed by atoms with van der Waals surface area (Å²) >= 11 is 3.01. The van der Waals surface area contributed by atoms with Crippen LogP contribution in [0.5, 0.6) is 0 Å². The molecule has 6 heteroatoms. The zero-order chi connectivity index (χ0) is 14.4. The van der Waals surface area contributed by atoms with E-state index in [4.69, 9.17) is 4.74 Å². The number of rotatable bonds is 2. The molecule has 3 rings (SSSR count). The molecule has 0 aromatic carbocycles. The molecule has 0 saturated carbocycles. The van der Waals surface area contributed by atoms with Crippen LogP contribution in [-0.2, 0) is 9.53 Å². The fourth-order valence-corrected chi connectivity index (χ4v) is 2.56. The minimum absolute atomic E-state index is 0.370. The van der Waals surface area contributed by atoms with Crippen LogP contribution in [0.3, 0.4) is 0 Å². The van der Waals surface area contributed by atoms with Crippen molar-refractivity contribution < 1.29 is 14.3 Å². The molecular formula is C14H11NO3S2. The molecule has 3 heterocycles. The second-order valence-corrected chi connectivity index (χ2v) is 5.66. The average Bonchev–Trinajstić information content (AvgIpc) is 3.15. The summed E-state index contributed by atoms with van der Waals surface area (Å²) in [4.78, 5) is 26.7. The van der Waals surface area contributed by atoms with Crippen molar-refractivity contribution in [1.82, 2.24) is 0 Å². The maximum atomic E-state index is 11.1. The molecular weight excluding hydrogens is 294 g/mol. The number of hydrogen-bond acceptors (Lipinski definition) is 6. The Bertz CT molecular complexity index is 640. The summed E-state index contributed by atoms with van der Waals surface area (Å²) < 4.78 is 4.77. The highest BCUT2D eigenvalue weighted by atomic mass is 32.1. The molecule has 4 nitrogen and oxygen atoms in total. The Labute approximate surface area is 124 Å². The van der Waals surface area contributed by atoms with E-state index in [1.54, 1.807) is 30.4 Å². The van der Waals surface area contributed by atoms with Gasteiger partial charge in [-0.05, 0) is 29.0 Å². The van der Waals surface area contributed by atoms with Crippen molar-refractivity contribution in [2.75, 3.05) is 0 Å². The van der Waals surface area contributed by atoms with Gasteiger partial charge >= 0.3 is 5.97 Å². The minimum Gasteiger partial charge on any atom is -0.407 e. The number of cyclic esters (lactones) is 1. The highest BCUT2D eigenvalue weighted by molar-refractivity contribution is 7.11. The Balaban J connectivity index is 0.000000178. The highest BCUT2D eigenvalue weighted by Gasteiger charge is 2.19. The van der Waals surface area contributed by atoms with E-state index in [9.17, 15) is 9.59 Å². The summed E-state index contributed by atoms with van der Waals surface area (Å²) in [6.45, 7) is 1.66. The van der Waals surface area contributed by atoms with Crippen molar-refractivity contribution in [2.24, 2.45) is 4.99 Å². The molecule has 0 unspecified atom stereocenters. The molecule has 20 heavy (non-hydrogen) atoms. The van der Waals surface area contributed by atoms with Crippen molar-refractivity contribution in [1.29, 1.82) is 0 Å². The molecule has 0 N–H and O–H groups in total. The highest BCUT2D eigenvalue weighted by Crippen LogP contribution is 2.18. The molecule has 1 aliphatic rings. The van der Waals surface area contributed by atoms with Crippen molar-refractivity contribution in [2.45, 2.75) is 6.92 Å². The molecule has 0 fully saturated rings. The second kappa shape index (κ2) is 6.93. The second-order valence-electron chi connectivity index (χ2n) is 3.70. The number of ether oxygens (including phenoxy) is 1. The van der Waals surface area contributed by atoms with Gasteiger partial charge < -0.3 is 4.74 Å². The first-order valence-corrected chi connectivity index (χ1v) is 7.46. The van der Waals surface area contributed by atoms with Crippen LogP contribution in [0.15, 0.2) is 45.7 Å². The number of hydrogen-bond donors (Lipinski definition) is 0. The van der Waals surface area contributed by atoms with Crippen LogP contribution >= 0.6 is 22.7 Å². The average molecular weight is 305 g/mol. The van der Waals surface area contributed by atoms with Gasteiger partial charge in [0, 0.05) is 11.8 Å².